The van der Waals surface area contributed by atoms with Crippen molar-refractivity contribution in [2.24, 2.45) is 41.4 Å². The van der Waals surface area contributed by atoms with Crippen molar-refractivity contribution in [3.8, 4) is 0 Å². The molecule has 1 heterocycles. The summed E-state index contributed by atoms with van der Waals surface area (Å²) in [5.41, 5.74) is 0.240. The number of rotatable bonds is 3. The second-order valence-corrected chi connectivity index (χ2v) is 10.9. The minimum atomic E-state index is -2.38. The van der Waals surface area contributed by atoms with E-state index in [1.54, 1.807) is 0 Å². The van der Waals surface area contributed by atoms with E-state index in [1.807, 2.05) is 7.11 Å². The van der Waals surface area contributed by atoms with Gasteiger partial charge < -0.3 is 13.3 Å². The van der Waals surface area contributed by atoms with Gasteiger partial charge >= 0.3 is 8.80 Å². The number of fused-ring (bicyclic) bond motifs is 6. The van der Waals surface area contributed by atoms with Crippen LogP contribution < -0.4 is 0 Å². The summed E-state index contributed by atoms with van der Waals surface area (Å²) in [6.45, 7) is 2.23. The van der Waals surface area contributed by atoms with Gasteiger partial charge in [0.25, 0.3) is 0 Å². The lowest BCUT2D eigenvalue weighted by Crippen LogP contribution is -2.87. The molecule has 6 aliphatic rings. The molecule has 0 amide bonds. The molecular formula is C16H24O3Si. The molecule has 0 aromatic heterocycles. The highest BCUT2D eigenvalue weighted by atomic mass is 28.4. The van der Waals surface area contributed by atoms with Gasteiger partial charge in [0.2, 0.25) is 0 Å². The molecule has 0 aromatic carbocycles. The summed E-state index contributed by atoms with van der Waals surface area (Å²) in [7, 11) is -0.550. The summed E-state index contributed by atoms with van der Waals surface area (Å²) in [5, 5.41) is 0. The van der Waals surface area contributed by atoms with Crippen LogP contribution in [-0.2, 0) is 13.3 Å². The van der Waals surface area contributed by atoms with Gasteiger partial charge in [0.15, 0.2) is 0 Å². The lowest BCUT2D eigenvalue weighted by Gasteiger charge is -2.81. The van der Waals surface area contributed by atoms with Gasteiger partial charge in [0.05, 0.1) is 11.7 Å². The van der Waals surface area contributed by atoms with Crippen molar-refractivity contribution in [2.45, 2.75) is 50.4 Å². The Hall–Kier alpha value is 0.0969. The molecule has 0 aromatic rings. The second kappa shape index (κ2) is 3.22. The molecular weight excluding hydrogens is 268 g/mol. The Labute approximate surface area is 121 Å². The zero-order valence-electron chi connectivity index (χ0n) is 12.4. The van der Waals surface area contributed by atoms with Gasteiger partial charge in [-0.15, -0.1) is 0 Å². The third kappa shape index (κ3) is 0.938. The van der Waals surface area contributed by atoms with Gasteiger partial charge in [-0.25, -0.2) is 0 Å². The summed E-state index contributed by atoms with van der Waals surface area (Å²) >= 11 is 0. The Morgan fingerprint density at radius 2 is 2.00 bits per heavy atom. The van der Waals surface area contributed by atoms with Gasteiger partial charge in [-0.1, -0.05) is 13.3 Å². The van der Waals surface area contributed by atoms with Crippen molar-refractivity contribution in [3.05, 3.63) is 0 Å². The van der Waals surface area contributed by atoms with Gasteiger partial charge in [0.1, 0.15) is 0 Å². The summed E-state index contributed by atoms with van der Waals surface area (Å²) in [4.78, 5) is 0. The van der Waals surface area contributed by atoms with E-state index in [4.69, 9.17) is 13.3 Å². The monoisotopic (exact) mass is 292 g/mol. The molecule has 110 valence electrons. The third-order valence-corrected chi connectivity index (χ3v) is 10.9. The molecule has 5 aliphatic carbocycles. The van der Waals surface area contributed by atoms with E-state index in [0.29, 0.717) is 6.10 Å². The maximum absolute atomic E-state index is 6.86. The highest BCUT2D eigenvalue weighted by molar-refractivity contribution is 6.61. The first kappa shape index (κ1) is 11.6. The molecule has 0 N–H and O–H groups in total. The molecule has 6 rings (SSSR count). The fourth-order valence-electron chi connectivity index (χ4n) is 7.46. The van der Waals surface area contributed by atoms with Crippen LogP contribution in [0.4, 0.5) is 0 Å². The SMILES string of the molecule is CCC[Si]1(OC)OC2CCC3C2C2(O1)C3C1C3CC3[C@@H]12. The Balaban J connectivity index is 1.42. The fourth-order valence-corrected chi connectivity index (χ4v) is 10.4. The Morgan fingerprint density at radius 1 is 1.15 bits per heavy atom. The average molecular weight is 292 g/mol. The van der Waals surface area contributed by atoms with Crippen LogP contribution in [0.5, 0.6) is 0 Å². The van der Waals surface area contributed by atoms with Crippen LogP contribution in [0.2, 0.25) is 6.04 Å². The lowest BCUT2D eigenvalue weighted by atomic mass is 9.30. The quantitative estimate of drug-likeness (QED) is 0.749. The van der Waals surface area contributed by atoms with E-state index in [-0.39, 0.29) is 5.60 Å². The zero-order valence-corrected chi connectivity index (χ0v) is 13.4. The van der Waals surface area contributed by atoms with Crippen LogP contribution in [0.1, 0.15) is 32.6 Å². The molecule has 0 bridgehead atoms. The fraction of sp³-hybridized carbons (Fsp3) is 1.00. The van der Waals surface area contributed by atoms with Crippen LogP contribution >= 0.6 is 0 Å². The first-order valence-corrected chi connectivity index (χ1v) is 10.6. The van der Waals surface area contributed by atoms with E-state index < -0.39 is 8.80 Å². The van der Waals surface area contributed by atoms with E-state index in [9.17, 15) is 0 Å². The van der Waals surface area contributed by atoms with Crippen molar-refractivity contribution in [1.29, 1.82) is 0 Å². The van der Waals surface area contributed by atoms with Crippen molar-refractivity contribution >= 4 is 8.80 Å². The largest absolute Gasteiger partial charge is 0.501 e. The maximum atomic E-state index is 6.86. The predicted molar refractivity (Wildman–Crippen MR) is 74.8 cm³/mol. The van der Waals surface area contributed by atoms with Crippen LogP contribution in [0, 0.1) is 41.4 Å². The summed E-state index contributed by atoms with van der Waals surface area (Å²) < 4.78 is 19.3. The molecule has 5 saturated carbocycles. The molecule has 1 spiro atoms. The predicted octanol–water partition coefficient (Wildman–Crippen LogP) is 2.69. The second-order valence-electron chi connectivity index (χ2n) is 8.21. The van der Waals surface area contributed by atoms with Crippen LogP contribution in [-0.4, -0.2) is 27.6 Å². The normalized spacial score (nSPS) is 70.5. The van der Waals surface area contributed by atoms with E-state index in [0.717, 1.165) is 53.9 Å². The highest BCUT2D eigenvalue weighted by Crippen LogP contribution is 2.88. The molecule has 1 aliphatic heterocycles. The summed E-state index contributed by atoms with van der Waals surface area (Å²) in [6, 6.07) is 1.01. The molecule has 3 nitrogen and oxygen atoms in total. The molecule has 0 radical (unpaired) electrons. The van der Waals surface area contributed by atoms with Crippen molar-refractivity contribution in [2.75, 3.05) is 7.11 Å². The first-order chi connectivity index (χ1) is 9.76. The van der Waals surface area contributed by atoms with Gasteiger partial charge in [0, 0.05) is 19.1 Å². The zero-order chi connectivity index (χ0) is 13.3. The Bertz CT molecular complexity index is 498. The highest BCUT2D eigenvalue weighted by Gasteiger charge is 2.91. The number of hydrogen-bond donors (Lipinski definition) is 0. The number of hydrogen-bond acceptors (Lipinski definition) is 3. The molecule has 4 heteroatoms. The summed E-state index contributed by atoms with van der Waals surface area (Å²) in [6.07, 6.45) is 5.76. The van der Waals surface area contributed by atoms with E-state index in [2.05, 4.69) is 6.92 Å². The minimum absolute atomic E-state index is 0.240. The van der Waals surface area contributed by atoms with E-state index in [1.165, 1.54) is 19.3 Å². The molecule has 9 unspecified atom stereocenters. The maximum Gasteiger partial charge on any atom is 0.501 e. The molecule has 6 fully saturated rings. The molecule has 20 heavy (non-hydrogen) atoms. The van der Waals surface area contributed by atoms with E-state index >= 15 is 0 Å². The topological polar surface area (TPSA) is 27.7 Å². The van der Waals surface area contributed by atoms with Gasteiger partial charge in [-0.05, 0) is 54.8 Å². The van der Waals surface area contributed by atoms with Gasteiger partial charge in [-0.2, -0.15) is 0 Å². The minimum Gasteiger partial charge on any atom is -0.377 e. The van der Waals surface area contributed by atoms with Crippen LogP contribution in [0.25, 0.3) is 0 Å². The summed E-state index contributed by atoms with van der Waals surface area (Å²) in [5.74, 6) is 6.66. The van der Waals surface area contributed by atoms with Crippen molar-refractivity contribution < 1.29 is 13.3 Å². The Morgan fingerprint density at radius 3 is 2.80 bits per heavy atom. The van der Waals surface area contributed by atoms with Crippen LogP contribution in [0.15, 0.2) is 0 Å². The first-order valence-electron chi connectivity index (χ1n) is 8.69. The van der Waals surface area contributed by atoms with Crippen LogP contribution in [0.3, 0.4) is 0 Å². The smallest absolute Gasteiger partial charge is 0.377 e. The standard InChI is InChI=1S/C16H24O3Si/c1-3-6-20(17-2)18-11-5-4-8-13(11)16(19-20)14(8)12-9-7-10(9)15(12)16/h8-15H,3-7H2,1-2H3/t8?,9?,10?,11?,12?,13?,14?,15-,16?,20?/m0/s1. The van der Waals surface area contributed by atoms with Crippen molar-refractivity contribution in [1.82, 2.24) is 0 Å². The Kier molecular flexibility index (Phi) is 1.87. The third-order valence-electron chi connectivity index (χ3n) is 7.88. The lowest BCUT2D eigenvalue weighted by molar-refractivity contribution is -0.386. The van der Waals surface area contributed by atoms with Crippen molar-refractivity contribution in [3.63, 3.8) is 0 Å². The van der Waals surface area contributed by atoms with Gasteiger partial charge in [-0.3, -0.25) is 0 Å². The molecule has 1 saturated heterocycles. The average Bonchev–Trinajstić information content (AvgIpc) is 2.96. The molecule has 10 atom stereocenters.